The fourth-order valence-electron chi connectivity index (χ4n) is 3.95. The lowest BCUT2D eigenvalue weighted by Gasteiger charge is -2.44. The van der Waals surface area contributed by atoms with E-state index in [4.69, 9.17) is 4.74 Å². The Morgan fingerprint density at radius 1 is 1.19 bits per heavy atom. The molecule has 0 saturated carbocycles. The SMILES string of the molecule is CCOC(=O)c1cc(Br)cn1[Si](C(C)C)(C(C)C)C(C)C. The van der Waals surface area contributed by atoms with E-state index >= 15 is 0 Å². The van der Waals surface area contributed by atoms with Crippen LogP contribution in [0, 0.1) is 0 Å². The van der Waals surface area contributed by atoms with Crippen LogP contribution in [0.5, 0.6) is 0 Å². The van der Waals surface area contributed by atoms with Crippen LogP contribution in [0.3, 0.4) is 0 Å². The van der Waals surface area contributed by atoms with Gasteiger partial charge in [-0.15, -0.1) is 0 Å². The highest BCUT2D eigenvalue weighted by Gasteiger charge is 2.46. The number of hydrogen-bond acceptors (Lipinski definition) is 2. The maximum atomic E-state index is 12.4. The fraction of sp³-hybridized carbons (Fsp3) is 0.688. The standard InChI is InChI=1S/C16H28BrNO2Si/c1-8-20-16(19)15-9-14(17)10-18(15)21(11(2)3,12(4)5)13(6)7/h9-13H,8H2,1-7H3. The van der Waals surface area contributed by atoms with Crippen LogP contribution in [-0.4, -0.2) is 25.0 Å². The molecule has 0 fully saturated rings. The van der Waals surface area contributed by atoms with E-state index in [1.54, 1.807) is 0 Å². The van der Waals surface area contributed by atoms with Crippen molar-refractivity contribution in [2.24, 2.45) is 0 Å². The number of ether oxygens (including phenoxy) is 1. The zero-order valence-corrected chi connectivity index (χ0v) is 16.8. The molecule has 0 aliphatic rings. The van der Waals surface area contributed by atoms with Gasteiger partial charge in [0.2, 0.25) is 0 Å². The van der Waals surface area contributed by atoms with Crippen molar-refractivity contribution in [3.63, 3.8) is 0 Å². The zero-order chi connectivity index (χ0) is 16.4. The number of esters is 1. The normalized spacial score (nSPS) is 12.5. The van der Waals surface area contributed by atoms with Crippen molar-refractivity contribution < 1.29 is 9.53 Å². The van der Waals surface area contributed by atoms with Gasteiger partial charge in [-0.1, -0.05) is 41.5 Å². The Kier molecular flexibility index (Phi) is 6.29. The highest BCUT2D eigenvalue weighted by Crippen LogP contribution is 2.44. The number of nitrogens with zero attached hydrogens (tertiary/aromatic N) is 1. The highest BCUT2D eigenvalue weighted by molar-refractivity contribution is 9.10. The third-order valence-electron chi connectivity index (χ3n) is 4.46. The van der Waals surface area contributed by atoms with Crippen LogP contribution >= 0.6 is 15.9 Å². The van der Waals surface area contributed by atoms with Gasteiger partial charge < -0.3 is 8.97 Å². The zero-order valence-electron chi connectivity index (χ0n) is 14.2. The Labute approximate surface area is 138 Å². The van der Waals surface area contributed by atoms with E-state index in [1.807, 2.05) is 13.0 Å². The van der Waals surface area contributed by atoms with Gasteiger partial charge in [0.1, 0.15) is 5.69 Å². The van der Waals surface area contributed by atoms with E-state index in [0.717, 1.165) is 4.47 Å². The van der Waals surface area contributed by atoms with Gasteiger partial charge in [0, 0.05) is 10.7 Å². The number of aromatic nitrogens is 1. The number of carbonyl (C=O) groups is 1. The molecular formula is C16H28BrNO2Si. The van der Waals surface area contributed by atoms with E-state index in [9.17, 15) is 4.79 Å². The van der Waals surface area contributed by atoms with Gasteiger partial charge in [-0.05, 0) is 45.5 Å². The molecule has 0 amide bonds. The summed E-state index contributed by atoms with van der Waals surface area (Å²) in [6.07, 6.45) is 2.08. The average molecular weight is 374 g/mol. The predicted molar refractivity (Wildman–Crippen MR) is 94.5 cm³/mol. The molecule has 1 heterocycles. The van der Waals surface area contributed by atoms with Crippen LogP contribution in [0.2, 0.25) is 16.6 Å². The molecule has 0 aromatic carbocycles. The summed E-state index contributed by atoms with van der Waals surface area (Å²) in [7, 11) is -1.93. The molecule has 0 radical (unpaired) electrons. The third-order valence-corrected chi connectivity index (χ3v) is 11.7. The predicted octanol–water partition coefficient (Wildman–Crippen LogP) is 5.45. The molecular weight excluding hydrogens is 346 g/mol. The molecule has 0 spiro atoms. The van der Waals surface area contributed by atoms with E-state index in [2.05, 4.69) is 67.9 Å². The van der Waals surface area contributed by atoms with Gasteiger partial charge in [0.25, 0.3) is 0 Å². The molecule has 0 bridgehead atoms. The van der Waals surface area contributed by atoms with E-state index in [1.165, 1.54) is 0 Å². The molecule has 0 unspecified atom stereocenters. The first kappa shape index (κ1) is 18.5. The lowest BCUT2D eigenvalue weighted by Crippen LogP contribution is -2.52. The van der Waals surface area contributed by atoms with Crippen LogP contribution in [0.1, 0.15) is 59.0 Å². The minimum absolute atomic E-state index is 0.220. The lowest BCUT2D eigenvalue weighted by atomic mass is 10.4. The molecule has 0 N–H and O–H groups in total. The van der Waals surface area contributed by atoms with Crippen molar-refractivity contribution in [2.45, 2.75) is 65.1 Å². The average Bonchev–Trinajstić information content (AvgIpc) is 2.71. The van der Waals surface area contributed by atoms with Gasteiger partial charge >= 0.3 is 5.97 Å². The molecule has 0 atom stereocenters. The topological polar surface area (TPSA) is 31.2 Å². The maximum Gasteiger partial charge on any atom is 0.354 e. The summed E-state index contributed by atoms with van der Waals surface area (Å²) in [5, 5.41) is 0. The number of rotatable bonds is 6. The minimum Gasteiger partial charge on any atom is -0.461 e. The largest absolute Gasteiger partial charge is 0.461 e. The summed E-state index contributed by atoms with van der Waals surface area (Å²) in [6, 6.07) is 1.90. The number of halogens is 1. The lowest BCUT2D eigenvalue weighted by molar-refractivity contribution is 0.0517. The smallest absolute Gasteiger partial charge is 0.354 e. The van der Waals surface area contributed by atoms with Crippen LogP contribution < -0.4 is 0 Å². The summed E-state index contributed by atoms with van der Waals surface area (Å²) in [4.78, 5) is 12.4. The van der Waals surface area contributed by atoms with Crippen molar-refractivity contribution >= 4 is 30.1 Å². The molecule has 1 aromatic rings. The molecule has 0 aliphatic heterocycles. The maximum absolute atomic E-state index is 12.4. The van der Waals surface area contributed by atoms with E-state index < -0.39 is 8.24 Å². The second-order valence-electron chi connectivity index (χ2n) is 6.49. The molecule has 0 aliphatic carbocycles. The second kappa shape index (κ2) is 7.14. The third kappa shape index (κ3) is 3.29. The molecule has 1 rings (SSSR count). The van der Waals surface area contributed by atoms with Gasteiger partial charge in [0.15, 0.2) is 8.24 Å². The molecule has 21 heavy (non-hydrogen) atoms. The Morgan fingerprint density at radius 2 is 1.67 bits per heavy atom. The molecule has 5 heteroatoms. The van der Waals surface area contributed by atoms with E-state index in [-0.39, 0.29) is 5.97 Å². The van der Waals surface area contributed by atoms with Crippen molar-refractivity contribution in [1.29, 1.82) is 0 Å². The molecule has 120 valence electrons. The number of hydrogen-bond donors (Lipinski definition) is 0. The van der Waals surface area contributed by atoms with Gasteiger partial charge in [-0.25, -0.2) is 4.79 Å². The van der Waals surface area contributed by atoms with Crippen molar-refractivity contribution in [3.05, 3.63) is 22.4 Å². The van der Waals surface area contributed by atoms with Crippen LogP contribution in [0.15, 0.2) is 16.7 Å². The Balaban J connectivity index is 3.56. The fourth-order valence-corrected chi connectivity index (χ4v) is 11.2. The molecule has 3 nitrogen and oxygen atoms in total. The molecule has 0 saturated heterocycles. The van der Waals surface area contributed by atoms with Crippen LogP contribution in [0.4, 0.5) is 0 Å². The summed E-state index contributed by atoms with van der Waals surface area (Å²) < 4.78 is 8.48. The highest BCUT2D eigenvalue weighted by atomic mass is 79.9. The molecule has 1 aromatic heterocycles. The first-order valence-electron chi connectivity index (χ1n) is 7.74. The Bertz CT molecular complexity index is 473. The summed E-state index contributed by atoms with van der Waals surface area (Å²) in [6.45, 7) is 16.0. The Hall–Kier alpha value is -0.553. The van der Waals surface area contributed by atoms with Crippen LogP contribution in [-0.2, 0) is 4.74 Å². The van der Waals surface area contributed by atoms with Gasteiger partial charge in [0.05, 0.1) is 6.61 Å². The van der Waals surface area contributed by atoms with Crippen molar-refractivity contribution in [2.75, 3.05) is 6.61 Å². The second-order valence-corrected chi connectivity index (χ2v) is 13.1. The minimum atomic E-state index is -1.93. The summed E-state index contributed by atoms with van der Waals surface area (Å²) in [5.41, 5.74) is 2.28. The first-order chi connectivity index (χ1) is 9.69. The van der Waals surface area contributed by atoms with Crippen molar-refractivity contribution in [1.82, 2.24) is 4.23 Å². The quantitative estimate of drug-likeness (QED) is 0.490. The monoisotopic (exact) mass is 373 g/mol. The van der Waals surface area contributed by atoms with Gasteiger partial charge in [-0.3, -0.25) is 0 Å². The summed E-state index contributed by atoms with van der Waals surface area (Å²) in [5.74, 6) is -0.220. The van der Waals surface area contributed by atoms with Crippen molar-refractivity contribution in [3.8, 4) is 0 Å². The first-order valence-corrected chi connectivity index (χ1v) is 10.7. The van der Waals surface area contributed by atoms with Crippen LogP contribution in [0.25, 0.3) is 0 Å². The number of carbonyl (C=O) groups excluding carboxylic acids is 1. The Morgan fingerprint density at radius 3 is 2.05 bits per heavy atom. The van der Waals surface area contributed by atoms with E-state index in [0.29, 0.717) is 28.9 Å². The summed E-state index contributed by atoms with van der Waals surface area (Å²) >= 11 is 3.54. The van der Waals surface area contributed by atoms with Gasteiger partial charge in [-0.2, -0.15) is 0 Å².